The number of amides is 4. The van der Waals surface area contributed by atoms with Crippen LogP contribution in [0.1, 0.15) is 27.2 Å². The average molecular weight is 410 g/mol. The molecule has 0 saturated carbocycles. The zero-order valence-electron chi connectivity index (χ0n) is 16.1. The van der Waals surface area contributed by atoms with Crippen molar-refractivity contribution in [2.75, 3.05) is 22.1 Å². The first kappa shape index (κ1) is 21.7. The fourth-order valence-electron chi connectivity index (χ4n) is 2.87. The van der Waals surface area contributed by atoms with E-state index in [9.17, 15) is 22.8 Å². The molecule has 4 amide bonds. The Morgan fingerprint density at radius 2 is 1.61 bits per heavy atom. The third kappa shape index (κ3) is 6.52. The van der Waals surface area contributed by atoms with Gasteiger partial charge < -0.3 is 21.3 Å². The number of anilines is 2. The van der Waals surface area contributed by atoms with Crippen LogP contribution in [-0.2, 0) is 19.4 Å². The molecule has 0 aliphatic carbocycles. The molecule has 1 heterocycles. The number of nitrogens with one attached hydrogen (secondary N) is 4. The maximum absolute atomic E-state index is 12.6. The molecule has 9 nitrogen and oxygen atoms in total. The smallest absolute Gasteiger partial charge is 0.315 e. The minimum Gasteiger partial charge on any atom is -0.334 e. The molecule has 1 saturated heterocycles. The minimum absolute atomic E-state index is 0.0561. The van der Waals surface area contributed by atoms with Gasteiger partial charge in [-0.2, -0.15) is 0 Å². The maximum atomic E-state index is 12.6. The lowest BCUT2D eigenvalue weighted by Gasteiger charge is -2.23. The second-order valence-corrected chi connectivity index (χ2v) is 9.42. The van der Waals surface area contributed by atoms with E-state index in [1.54, 1.807) is 38.1 Å². The van der Waals surface area contributed by atoms with Gasteiger partial charge in [0.1, 0.15) is 6.04 Å². The summed E-state index contributed by atoms with van der Waals surface area (Å²) in [7, 11) is -3.10. The van der Waals surface area contributed by atoms with Crippen LogP contribution in [0.15, 0.2) is 24.3 Å². The summed E-state index contributed by atoms with van der Waals surface area (Å²) in [6, 6.07) is 4.78. The van der Waals surface area contributed by atoms with Crippen LogP contribution < -0.4 is 21.3 Å². The summed E-state index contributed by atoms with van der Waals surface area (Å²) in [6.45, 7) is 5.00. The number of carbonyl (C=O) groups excluding carboxylic acids is 3. The third-order valence-electron chi connectivity index (χ3n) is 4.28. The molecule has 2 unspecified atom stereocenters. The molecule has 154 valence electrons. The van der Waals surface area contributed by atoms with Crippen LogP contribution in [0.25, 0.3) is 0 Å². The minimum atomic E-state index is -3.10. The Balaban J connectivity index is 1.94. The fourth-order valence-corrected chi connectivity index (χ4v) is 4.55. The van der Waals surface area contributed by atoms with Crippen molar-refractivity contribution in [3.05, 3.63) is 24.3 Å². The van der Waals surface area contributed by atoms with E-state index in [4.69, 9.17) is 0 Å². The van der Waals surface area contributed by atoms with E-state index in [-0.39, 0.29) is 23.3 Å². The summed E-state index contributed by atoms with van der Waals surface area (Å²) < 4.78 is 23.0. The molecule has 10 heteroatoms. The summed E-state index contributed by atoms with van der Waals surface area (Å²) in [5.74, 6) is -0.796. The number of urea groups is 1. The average Bonchev–Trinajstić information content (AvgIpc) is 2.92. The summed E-state index contributed by atoms with van der Waals surface area (Å²) in [6.07, 6.45) is 0.370. The summed E-state index contributed by atoms with van der Waals surface area (Å²) in [5, 5.41) is 10.6. The van der Waals surface area contributed by atoms with Crippen molar-refractivity contribution in [2.45, 2.75) is 39.3 Å². The lowest BCUT2D eigenvalue weighted by molar-refractivity contribution is -0.119. The molecular formula is C18H26N4O5S. The molecule has 1 aromatic rings. The van der Waals surface area contributed by atoms with Crippen LogP contribution in [0.5, 0.6) is 0 Å². The molecule has 0 radical (unpaired) electrons. The second kappa shape index (κ2) is 9.05. The summed E-state index contributed by atoms with van der Waals surface area (Å²) in [4.78, 5) is 35.8. The summed E-state index contributed by atoms with van der Waals surface area (Å²) >= 11 is 0. The van der Waals surface area contributed by atoms with Crippen LogP contribution in [0, 0.1) is 5.92 Å². The van der Waals surface area contributed by atoms with E-state index in [1.807, 2.05) is 0 Å². The van der Waals surface area contributed by atoms with Gasteiger partial charge in [-0.15, -0.1) is 0 Å². The Kier molecular flexibility index (Phi) is 7.00. The van der Waals surface area contributed by atoms with E-state index in [1.165, 1.54) is 6.92 Å². The van der Waals surface area contributed by atoms with E-state index < -0.39 is 33.9 Å². The normalized spacial score (nSPS) is 18.9. The zero-order valence-corrected chi connectivity index (χ0v) is 16.9. The number of benzene rings is 1. The molecule has 2 atom stereocenters. The predicted molar refractivity (Wildman–Crippen MR) is 107 cm³/mol. The van der Waals surface area contributed by atoms with Gasteiger partial charge in [0.05, 0.1) is 11.5 Å². The third-order valence-corrected chi connectivity index (χ3v) is 6.04. The van der Waals surface area contributed by atoms with Crippen molar-refractivity contribution >= 4 is 39.1 Å². The Morgan fingerprint density at radius 1 is 1.04 bits per heavy atom. The first-order chi connectivity index (χ1) is 13.1. The molecule has 1 aliphatic rings. The number of carbonyl (C=O) groups is 3. The molecule has 0 aromatic heterocycles. The molecular weight excluding hydrogens is 384 g/mol. The quantitative estimate of drug-likeness (QED) is 0.557. The van der Waals surface area contributed by atoms with Crippen molar-refractivity contribution in [1.82, 2.24) is 10.6 Å². The standard InChI is InChI=1S/C18H26N4O5S/c1-11(2)16(22-18(25)21-15-8-9-28(26,27)10-15)17(24)20-14-6-4-13(5-7-14)19-12(3)23/h4-7,11,15-16H,8-10H2,1-3H3,(H,19,23)(H,20,24)(H2,21,22,25). The molecule has 4 N–H and O–H groups in total. The van der Waals surface area contributed by atoms with Crippen molar-refractivity contribution < 1.29 is 22.8 Å². The zero-order chi connectivity index (χ0) is 20.9. The Labute approximate surface area is 164 Å². The molecule has 1 fully saturated rings. The highest BCUT2D eigenvalue weighted by Crippen LogP contribution is 2.15. The molecule has 1 aliphatic heterocycles. The Hall–Kier alpha value is -2.62. The van der Waals surface area contributed by atoms with Gasteiger partial charge in [-0.3, -0.25) is 9.59 Å². The van der Waals surface area contributed by atoms with Gasteiger partial charge in [0.15, 0.2) is 9.84 Å². The van der Waals surface area contributed by atoms with Crippen LogP contribution in [0.2, 0.25) is 0 Å². The van der Waals surface area contributed by atoms with Crippen molar-refractivity contribution in [3.63, 3.8) is 0 Å². The van der Waals surface area contributed by atoms with Gasteiger partial charge >= 0.3 is 6.03 Å². The highest BCUT2D eigenvalue weighted by atomic mass is 32.2. The molecule has 2 rings (SSSR count). The first-order valence-corrected chi connectivity index (χ1v) is 10.8. The van der Waals surface area contributed by atoms with Gasteiger partial charge in [-0.1, -0.05) is 13.8 Å². The van der Waals surface area contributed by atoms with E-state index in [0.29, 0.717) is 17.8 Å². The fraction of sp³-hybridized carbons (Fsp3) is 0.500. The summed E-state index contributed by atoms with van der Waals surface area (Å²) in [5.41, 5.74) is 1.13. The Bertz CT molecular complexity index is 836. The number of hydrogen-bond acceptors (Lipinski definition) is 5. The second-order valence-electron chi connectivity index (χ2n) is 7.19. The van der Waals surface area contributed by atoms with Crippen LogP contribution in [0.3, 0.4) is 0 Å². The largest absolute Gasteiger partial charge is 0.334 e. The lowest BCUT2D eigenvalue weighted by atomic mass is 10.0. The van der Waals surface area contributed by atoms with Gasteiger partial charge in [0.25, 0.3) is 0 Å². The maximum Gasteiger partial charge on any atom is 0.315 e. The van der Waals surface area contributed by atoms with Gasteiger partial charge in [0, 0.05) is 24.3 Å². The number of rotatable bonds is 6. The van der Waals surface area contributed by atoms with Gasteiger partial charge in [-0.05, 0) is 36.6 Å². The predicted octanol–water partition coefficient (Wildman–Crippen LogP) is 1.09. The SMILES string of the molecule is CC(=O)Nc1ccc(NC(=O)C(NC(=O)NC2CCS(=O)(=O)C2)C(C)C)cc1. The molecule has 0 spiro atoms. The van der Waals surface area contributed by atoms with Crippen LogP contribution in [-0.4, -0.2) is 49.9 Å². The topological polar surface area (TPSA) is 133 Å². The van der Waals surface area contributed by atoms with Crippen molar-refractivity contribution in [1.29, 1.82) is 0 Å². The monoisotopic (exact) mass is 410 g/mol. The van der Waals surface area contributed by atoms with E-state index in [0.717, 1.165) is 0 Å². The number of hydrogen-bond donors (Lipinski definition) is 4. The van der Waals surface area contributed by atoms with Gasteiger partial charge in [-0.25, -0.2) is 13.2 Å². The van der Waals surface area contributed by atoms with Gasteiger partial charge in [0.2, 0.25) is 11.8 Å². The van der Waals surface area contributed by atoms with Crippen molar-refractivity contribution in [2.24, 2.45) is 5.92 Å². The molecule has 0 bridgehead atoms. The molecule has 28 heavy (non-hydrogen) atoms. The highest BCUT2D eigenvalue weighted by Gasteiger charge is 2.30. The first-order valence-electron chi connectivity index (χ1n) is 9.01. The van der Waals surface area contributed by atoms with Crippen molar-refractivity contribution in [3.8, 4) is 0 Å². The Morgan fingerprint density at radius 3 is 2.07 bits per heavy atom. The molecule has 1 aromatic carbocycles. The van der Waals surface area contributed by atoms with Crippen LogP contribution in [0.4, 0.5) is 16.2 Å². The highest BCUT2D eigenvalue weighted by molar-refractivity contribution is 7.91. The lowest BCUT2D eigenvalue weighted by Crippen LogP contribution is -2.52. The number of sulfone groups is 1. The van der Waals surface area contributed by atoms with E-state index >= 15 is 0 Å². The van der Waals surface area contributed by atoms with Crippen LogP contribution >= 0.6 is 0 Å². The van der Waals surface area contributed by atoms with E-state index in [2.05, 4.69) is 21.3 Å².